The topological polar surface area (TPSA) is 86.8 Å². The number of carbonyl (C=O) groups excluding carboxylic acids is 2. The predicted molar refractivity (Wildman–Crippen MR) is 116 cm³/mol. The maximum absolute atomic E-state index is 14.1. The van der Waals surface area contributed by atoms with E-state index in [9.17, 15) is 22.4 Å². The number of carbonyl (C=O) groups is 2. The molecule has 0 heterocycles. The minimum atomic E-state index is -3.65. The molecule has 0 bridgehead atoms. The van der Waals surface area contributed by atoms with Crippen LogP contribution in [0.3, 0.4) is 0 Å². The van der Waals surface area contributed by atoms with Crippen LogP contribution in [0.2, 0.25) is 0 Å². The first-order valence-corrected chi connectivity index (χ1v) is 11.4. The molecule has 1 atom stereocenters. The fraction of sp³-hybridized carbons (Fsp3) is 0.364. The van der Waals surface area contributed by atoms with Crippen LogP contribution in [0.25, 0.3) is 0 Å². The summed E-state index contributed by atoms with van der Waals surface area (Å²) >= 11 is 0. The highest BCUT2D eigenvalue weighted by Gasteiger charge is 2.26. The smallest absolute Gasteiger partial charge is 0.242 e. The van der Waals surface area contributed by atoms with Crippen molar-refractivity contribution < 1.29 is 22.4 Å². The van der Waals surface area contributed by atoms with Crippen molar-refractivity contribution in [1.82, 2.24) is 14.5 Å². The van der Waals surface area contributed by atoms with Crippen LogP contribution < -0.4 is 5.32 Å². The Balaban J connectivity index is 2.06. The number of hydrogen-bond donors (Lipinski definition) is 1. The van der Waals surface area contributed by atoms with Gasteiger partial charge in [-0.25, -0.2) is 17.1 Å². The Kier molecular flexibility index (Phi) is 8.70. The highest BCUT2D eigenvalue weighted by Crippen LogP contribution is 2.17. The standard InChI is InChI=1S/C22H28FN3O4S/c1-17(22(28)24-2)26(16-18-10-7-8-13-20(18)23)21(27)14-9-15-25(3)31(29,30)19-11-5-4-6-12-19/h4-8,10-13,17H,9,14-16H2,1-3H3,(H,24,28)/t17-/m1/s1. The molecule has 9 heteroatoms. The maximum atomic E-state index is 14.1. The van der Waals surface area contributed by atoms with Crippen molar-refractivity contribution in [2.75, 3.05) is 20.6 Å². The van der Waals surface area contributed by atoms with Gasteiger partial charge in [0.1, 0.15) is 11.9 Å². The van der Waals surface area contributed by atoms with E-state index in [1.165, 1.54) is 41.5 Å². The fourth-order valence-electron chi connectivity index (χ4n) is 3.09. The third-order valence-electron chi connectivity index (χ3n) is 5.03. The highest BCUT2D eigenvalue weighted by molar-refractivity contribution is 7.89. The van der Waals surface area contributed by atoms with Crippen molar-refractivity contribution in [3.8, 4) is 0 Å². The second-order valence-corrected chi connectivity index (χ2v) is 9.19. The second-order valence-electron chi connectivity index (χ2n) is 7.15. The summed E-state index contributed by atoms with van der Waals surface area (Å²) in [5.41, 5.74) is 0.301. The van der Waals surface area contributed by atoms with Gasteiger partial charge in [-0.3, -0.25) is 9.59 Å². The summed E-state index contributed by atoms with van der Waals surface area (Å²) in [4.78, 5) is 26.5. The molecule has 2 amide bonds. The van der Waals surface area contributed by atoms with Gasteiger partial charge in [0.15, 0.2) is 0 Å². The third-order valence-corrected chi connectivity index (χ3v) is 6.90. The summed E-state index contributed by atoms with van der Waals surface area (Å²) < 4.78 is 40.5. The van der Waals surface area contributed by atoms with Crippen LogP contribution in [0.15, 0.2) is 59.5 Å². The summed E-state index contributed by atoms with van der Waals surface area (Å²) in [6.45, 7) is 1.65. The van der Waals surface area contributed by atoms with Crippen LogP contribution >= 0.6 is 0 Å². The van der Waals surface area contributed by atoms with Crippen LogP contribution in [0, 0.1) is 5.82 Å². The first kappa shape index (κ1) is 24.5. The van der Waals surface area contributed by atoms with Gasteiger partial charge < -0.3 is 10.2 Å². The number of likely N-dealkylation sites (N-methyl/N-ethyl adjacent to an activating group) is 1. The van der Waals surface area contributed by atoms with Gasteiger partial charge in [0, 0.05) is 39.2 Å². The maximum Gasteiger partial charge on any atom is 0.242 e. The predicted octanol–water partition coefficient (Wildman–Crippen LogP) is 2.39. The van der Waals surface area contributed by atoms with Gasteiger partial charge in [-0.05, 0) is 31.5 Å². The Bertz CT molecular complexity index is 999. The first-order valence-electron chi connectivity index (χ1n) is 9.94. The normalized spacial score (nSPS) is 12.4. The molecule has 0 radical (unpaired) electrons. The SMILES string of the molecule is CNC(=O)[C@@H](C)N(Cc1ccccc1F)C(=O)CCCN(C)S(=O)(=O)c1ccccc1. The molecule has 0 fully saturated rings. The van der Waals surface area contributed by atoms with Gasteiger partial charge in [0.2, 0.25) is 21.8 Å². The number of hydrogen-bond acceptors (Lipinski definition) is 4. The summed E-state index contributed by atoms with van der Waals surface area (Å²) in [5.74, 6) is -1.18. The molecule has 7 nitrogen and oxygen atoms in total. The number of nitrogens with zero attached hydrogens (tertiary/aromatic N) is 2. The molecule has 2 aromatic carbocycles. The summed E-state index contributed by atoms with van der Waals surface area (Å²) in [6, 6.07) is 13.3. The molecule has 0 spiro atoms. The molecule has 31 heavy (non-hydrogen) atoms. The van der Waals surface area contributed by atoms with Crippen molar-refractivity contribution in [2.24, 2.45) is 0 Å². The van der Waals surface area contributed by atoms with Gasteiger partial charge in [0.25, 0.3) is 0 Å². The fourth-order valence-corrected chi connectivity index (χ4v) is 4.32. The lowest BCUT2D eigenvalue weighted by Gasteiger charge is -2.29. The Hall–Kier alpha value is -2.78. The minimum absolute atomic E-state index is 0.0183. The van der Waals surface area contributed by atoms with E-state index < -0.39 is 21.9 Å². The van der Waals surface area contributed by atoms with E-state index in [1.807, 2.05) is 0 Å². The van der Waals surface area contributed by atoms with E-state index in [1.54, 1.807) is 43.3 Å². The largest absolute Gasteiger partial charge is 0.357 e. The van der Waals surface area contributed by atoms with Crippen LogP contribution in [0.5, 0.6) is 0 Å². The molecule has 0 unspecified atom stereocenters. The Morgan fingerprint density at radius 2 is 1.68 bits per heavy atom. The van der Waals surface area contributed by atoms with Crippen molar-refractivity contribution in [2.45, 2.75) is 37.2 Å². The number of nitrogens with one attached hydrogen (secondary N) is 1. The lowest BCUT2D eigenvalue weighted by molar-refractivity contribution is -0.140. The van der Waals surface area contributed by atoms with Crippen LogP contribution in [-0.4, -0.2) is 56.1 Å². The van der Waals surface area contributed by atoms with Crippen molar-refractivity contribution in [3.63, 3.8) is 0 Å². The Morgan fingerprint density at radius 1 is 1.06 bits per heavy atom. The molecule has 168 valence electrons. The van der Waals surface area contributed by atoms with E-state index in [-0.39, 0.29) is 42.6 Å². The first-order chi connectivity index (χ1) is 14.7. The monoisotopic (exact) mass is 449 g/mol. The van der Waals surface area contributed by atoms with Crippen LogP contribution in [0.4, 0.5) is 4.39 Å². The molecule has 0 aromatic heterocycles. The van der Waals surface area contributed by atoms with Gasteiger partial charge >= 0.3 is 0 Å². The highest BCUT2D eigenvalue weighted by atomic mass is 32.2. The average molecular weight is 450 g/mol. The number of halogens is 1. The minimum Gasteiger partial charge on any atom is -0.357 e. The molecule has 0 aliphatic carbocycles. The zero-order valence-electron chi connectivity index (χ0n) is 17.9. The molecule has 0 aliphatic rings. The third kappa shape index (κ3) is 6.35. The van der Waals surface area contributed by atoms with Gasteiger partial charge in [-0.1, -0.05) is 36.4 Å². The van der Waals surface area contributed by atoms with Gasteiger partial charge in [0.05, 0.1) is 4.90 Å². The van der Waals surface area contributed by atoms with E-state index in [4.69, 9.17) is 0 Å². The quantitative estimate of drug-likeness (QED) is 0.603. The molecular formula is C22H28FN3O4S. The van der Waals surface area contributed by atoms with Crippen molar-refractivity contribution in [1.29, 1.82) is 0 Å². The molecule has 0 aliphatic heterocycles. The number of amides is 2. The number of benzene rings is 2. The Labute approximate surface area is 182 Å². The van der Waals surface area contributed by atoms with Crippen LogP contribution in [-0.2, 0) is 26.2 Å². The van der Waals surface area contributed by atoms with E-state index in [0.29, 0.717) is 5.56 Å². The Morgan fingerprint density at radius 3 is 2.29 bits per heavy atom. The summed E-state index contributed by atoms with van der Waals surface area (Å²) in [5, 5.41) is 2.50. The molecule has 2 rings (SSSR count). The van der Waals surface area contributed by atoms with Crippen LogP contribution in [0.1, 0.15) is 25.3 Å². The molecule has 1 N–H and O–H groups in total. The van der Waals surface area contributed by atoms with E-state index >= 15 is 0 Å². The lowest BCUT2D eigenvalue weighted by atomic mass is 10.1. The van der Waals surface area contributed by atoms with Gasteiger partial charge in [-0.2, -0.15) is 0 Å². The molecule has 0 saturated heterocycles. The molecule has 2 aromatic rings. The second kappa shape index (κ2) is 11.0. The average Bonchev–Trinajstić information content (AvgIpc) is 2.77. The van der Waals surface area contributed by atoms with E-state index in [0.717, 1.165) is 0 Å². The lowest BCUT2D eigenvalue weighted by Crippen LogP contribution is -2.47. The molecule has 0 saturated carbocycles. The van der Waals surface area contributed by atoms with Crippen molar-refractivity contribution in [3.05, 3.63) is 66.0 Å². The van der Waals surface area contributed by atoms with Gasteiger partial charge in [-0.15, -0.1) is 0 Å². The van der Waals surface area contributed by atoms with Crippen molar-refractivity contribution >= 4 is 21.8 Å². The van der Waals surface area contributed by atoms with E-state index in [2.05, 4.69) is 5.32 Å². The zero-order valence-corrected chi connectivity index (χ0v) is 18.7. The summed E-state index contributed by atoms with van der Waals surface area (Å²) in [7, 11) is -0.729. The number of sulfonamides is 1. The molecular weight excluding hydrogens is 421 g/mol. The zero-order chi connectivity index (χ0) is 23.0. The number of rotatable bonds is 10. The summed E-state index contributed by atoms with van der Waals surface area (Å²) in [6.07, 6.45) is 0.278.